The number of hydrogen-bond acceptors (Lipinski definition) is 7. The predicted molar refractivity (Wildman–Crippen MR) is 179 cm³/mol. The van der Waals surface area contributed by atoms with Crippen LogP contribution in [0.4, 0.5) is 4.79 Å². The van der Waals surface area contributed by atoms with E-state index in [9.17, 15) is 24.0 Å². The Kier molecular flexibility index (Phi) is 14.0. The van der Waals surface area contributed by atoms with Crippen molar-refractivity contribution in [2.24, 2.45) is 5.73 Å². The number of ether oxygens (including phenoxy) is 2. The third kappa shape index (κ3) is 13.2. The molecule has 0 fully saturated rings. The molecule has 0 aliphatic carbocycles. The second kappa shape index (κ2) is 17.2. The minimum Gasteiger partial charge on any atom is -0.458 e. The van der Waals surface area contributed by atoms with Gasteiger partial charge in [-0.15, -0.1) is 6.42 Å². The number of nitrogens with zero attached hydrogens (tertiary/aromatic N) is 1. The Morgan fingerprint density at radius 1 is 0.872 bits per heavy atom. The molecule has 2 aromatic carbocycles. The molecule has 0 aliphatic heterocycles. The monoisotopic (exact) mass is 648 g/mol. The number of alkyl carbamates (subject to hydrolysis) is 1. The molecule has 0 spiro atoms. The van der Waals surface area contributed by atoms with Crippen molar-refractivity contribution in [3.8, 4) is 12.3 Å². The van der Waals surface area contributed by atoms with E-state index in [0.29, 0.717) is 24.0 Å². The average Bonchev–Trinajstić information content (AvgIpc) is 2.96. The fourth-order valence-corrected chi connectivity index (χ4v) is 4.65. The molecule has 4 amide bonds. The van der Waals surface area contributed by atoms with Crippen LogP contribution in [-0.4, -0.2) is 64.5 Å². The molecule has 0 aromatic heterocycles. The van der Waals surface area contributed by atoms with E-state index >= 15 is 0 Å². The van der Waals surface area contributed by atoms with E-state index in [-0.39, 0.29) is 13.0 Å². The second-order valence-electron chi connectivity index (χ2n) is 13.2. The number of nitrogens with one attached hydrogen (secondary N) is 2. The Bertz CT molecular complexity index is 1420. The first kappa shape index (κ1) is 38.3. The zero-order valence-corrected chi connectivity index (χ0v) is 28.4. The number of hydrogen-bond donors (Lipinski definition) is 3. The smallest absolute Gasteiger partial charge is 0.408 e. The highest BCUT2D eigenvalue weighted by Gasteiger charge is 2.38. The Labute approximate surface area is 277 Å². The molecule has 0 heterocycles. The van der Waals surface area contributed by atoms with Gasteiger partial charge in [-0.05, 0) is 71.2 Å². The van der Waals surface area contributed by atoms with Crippen LogP contribution in [0.2, 0.25) is 0 Å². The summed E-state index contributed by atoms with van der Waals surface area (Å²) in [7, 11) is 0. The quantitative estimate of drug-likeness (QED) is 0.205. The summed E-state index contributed by atoms with van der Waals surface area (Å²) in [6.07, 6.45) is 5.35. The van der Waals surface area contributed by atoms with Gasteiger partial charge in [-0.1, -0.05) is 61.7 Å². The summed E-state index contributed by atoms with van der Waals surface area (Å²) in [5.74, 6) is -0.379. The van der Waals surface area contributed by atoms with Gasteiger partial charge in [-0.25, -0.2) is 9.59 Å². The lowest BCUT2D eigenvalue weighted by Gasteiger charge is -2.35. The third-order valence-electron chi connectivity index (χ3n) is 6.67. The third-order valence-corrected chi connectivity index (χ3v) is 6.67. The molecule has 3 atom stereocenters. The predicted octanol–water partition coefficient (Wildman–Crippen LogP) is 4.18. The summed E-state index contributed by atoms with van der Waals surface area (Å²) in [6, 6.07) is 11.8. The fourth-order valence-electron chi connectivity index (χ4n) is 4.65. The summed E-state index contributed by atoms with van der Waals surface area (Å²) < 4.78 is 11.0. The van der Waals surface area contributed by atoms with Gasteiger partial charge in [0.15, 0.2) is 0 Å². The van der Waals surface area contributed by atoms with E-state index in [0.717, 1.165) is 5.56 Å². The zero-order valence-electron chi connectivity index (χ0n) is 28.4. The van der Waals surface area contributed by atoms with Gasteiger partial charge in [-0.2, -0.15) is 0 Å². The van der Waals surface area contributed by atoms with E-state index < -0.39 is 65.5 Å². The number of rotatable bonds is 14. The van der Waals surface area contributed by atoms with Crippen molar-refractivity contribution >= 4 is 29.8 Å². The van der Waals surface area contributed by atoms with E-state index in [1.807, 2.05) is 37.3 Å². The van der Waals surface area contributed by atoms with Gasteiger partial charge in [-0.3, -0.25) is 14.4 Å². The minimum atomic E-state index is -1.44. The van der Waals surface area contributed by atoms with Crippen molar-refractivity contribution in [3.63, 3.8) is 0 Å². The number of nitrogens with two attached hydrogens (primary N) is 1. The van der Waals surface area contributed by atoms with E-state index in [4.69, 9.17) is 21.6 Å². The van der Waals surface area contributed by atoms with Gasteiger partial charge in [0.25, 0.3) is 0 Å². The molecule has 0 radical (unpaired) electrons. The molecule has 4 N–H and O–H groups in total. The summed E-state index contributed by atoms with van der Waals surface area (Å²) in [6.45, 7) is 12.1. The summed E-state index contributed by atoms with van der Waals surface area (Å²) in [5.41, 5.74) is 5.49. The molecule has 47 heavy (non-hydrogen) atoms. The molecule has 0 aliphatic rings. The zero-order chi connectivity index (χ0) is 35.4. The molecule has 11 heteroatoms. The topological polar surface area (TPSA) is 157 Å². The van der Waals surface area contributed by atoms with Gasteiger partial charge >= 0.3 is 12.1 Å². The number of benzene rings is 2. The van der Waals surface area contributed by atoms with Crippen molar-refractivity contribution in [1.82, 2.24) is 15.5 Å². The lowest BCUT2D eigenvalue weighted by atomic mass is 9.99. The standard InChI is InChI=1S/C36H48N4O7/c1-9-11-21-40(32(43)27(23-29(37)41)39-34(45)47-36(6,7)8)30(26-19-17-24(10-2)18-20-26)31(42)38-28(33(44)46-35(3,4)5)22-25-15-13-12-14-16-25/h2,12-20,27-28,30H,9,11,21-23H2,1,3-8H3,(H2,37,41)(H,38,42)(H,39,45). The minimum absolute atomic E-state index is 0.0748. The number of unbranched alkanes of at least 4 members (excludes halogenated alkanes) is 1. The number of carbonyl (C=O) groups is 5. The fraction of sp³-hybridized carbons (Fsp3) is 0.472. The normalized spacial score (nSPS) is 13.2. The number of carbonyl (C=O) groups excluding carboxylic acids is 5. The van der Waals surface area contributed by atoms with Crippen LogP contribution in [0.1, 0.15) is 90.5 Å². The lowest BCUT2D eigenvalue weighted by Crippen LogP contribution is -2.55. The second-order valence-corrected chi connectivity index (χ2v) is 13.2. The maximum atomic E-state index is 14.4. The Hall–Kier alpha value is -4.85. The molecular weight excluding hydrogens is 600 g/mol. The first-order chi connectivity index (χ1) is 21.9. The molecule has 3 unspecified atom stereocenters. The number of primary amides is 1. The first-order valence-corrected chi connectivity index (χ1v) is 15.7. The molecule has 11 nitrogen and oxygen atoms in total. The van der Waals surface area contributed by atoms with Crippen LogP contribution in [0, 0.1) is 12.3 Å². The van der Waals surface area contributed by atoms with Gasteiger partial charge in [0.05, 0.1) is 6.42 Å². The van der Waals surface area contributed by atoms with Gasteiger partial charge < -0.3 is 30.7 Å². The first-order valence-electron chi connectivity index (χ1n) is 15.7. The van der Waals surface area contributed by atoms with Crippen LogP contribution in [0.15, 0.2) is 54.6 Å². The number of amides is 4. The Balaban J connectivity index is 2.63. The van der Waals surface area contributed by atoms with Gasteiger partial charge in [0, 0.05) is 18.5 Å². The van der Waals surface area contributed by atoms with Crippen molar-refractivity contribution in [2.45, 2.75) is 103 Å². The van der Waals surface area contributed by atoms with Crippen molar-refractivity contribution in [2.75, 3.05) is 6.54 Å². The van der Waals surface area contributed by atoms with Crippen LogP contribution >= 0.6 is 0 Å². The molecule has 0 saturated heterocycles. The van der Waals surface area contributed by atoms with Crippen molar-refractivity contribution < 1.29 is 33.4 Å². The largest absolute Gasteiger partial charge is 0.458 e. The van der Waals surface area contributed by atoms with Crippen LogP contribution in [-0.2, 0) is 35.1 Å². The van der Waals surface area contributed by atoms with Crippen LogP contribution in [0.3, 0.4) is 0 Å². The van der Waals surface area contributed by atoms with Gasteiger partial charge in [0.1, 0.15) is 29.3 Å². The Morgan fingerprint density at radius 2 is 1.47 bits per heavy atom. The van der Waals surface area contributed by atoms with E-state index in [1.54, 1.807) is 65.8 Å². The number of terminal acetylenes is 1. The summed E-state index contributed by atoms with van der Waals surface area (Å²) in [5, 5.41) is 5.28. The molecule has 254 valence electrons. The molecular formula is C36H48N4O7. The highest BCUT2D eigenvalue weighted by atomic mass is 16.6. The van der Waals surface area contributed by atoms with E-state index in [2.05, 4.69) is 16.6 Å². The summed E-state index contributed by atoms with van der Waals surface area (Å²) in [4.78, 5) is 68.2. The van der Waals surface area contributed by atoms with Crippen LogP contribution in [0.25, 0.3) is 0 Å². The highest BCUT2D eigenvalue weighted by molar-refractivity contribution is 5.95. The molecule has 0 saturated carbocycles. The molecule has 2 rings (SSSR count). The lowest BCUT2D eigenvalue weighted by molar-refractivity contribution is -0.159. The summed E-state index contributed by atoms with van der Waals surface area (Å²) >= 11 is 0. The SMILES string of the molecule is C#Cc1ccc(C(C(=O)NC(Cc2ccccc2)C(=O)OC(C)(C)C)N(CCCC)C(=O)C(CC(N)=O)NC(=O)OC(C)(C)C)cc1. The van der Waals surface area contributed by atoms with Crippen LogP contribution in [0.5, 0.6) is 0 Å². The number of esters is 1. The van der Waals surface area contributed by atoms with Crippen LogP contribution < -0.4 is 16.4 Å². The van der Waals surface area contributed by atoms with Gasteiger partial charge in [0.2, 0.25) is 17.7 Å². The van der Waals surface area contributed by atoms with Crippen molar-refractivity contribution in [3.05, 3.63) is 71.3 Å². The van der Waals surface area contributed by atoms with E-state index in [1.165, 1.54) is 4.90 Å². The maximum absolute atomic E-state index is 14.4. The Morgan fingerprint density at radius 3 is 1.98 bits per heavy atom. The molecule has 0 bridgehead atoms. The average molecular weight is 649 g/mol. The molecule has 2 aromatic rings. The highest BCUT2D eigenvalue weighted by Crippen LogP contribution is 2.25. The maximum Gasteiger partial charge on any atom is 0.408 e. The van der Waals surface area contributed by atoms with Crippen molar-refractivity contribution in [1.29, 1.82) is 0 Å².